The van der Waals surface area contributed by atoms with Crippen molar-refractivity contribution < 1.29 is 4.79 Å². The Hall–Kier alpha value is -2.60. The number of benzene rings is 2. The summed E-state index contributed by atoms with van der Waals surface area (Å²) in [6.45, 7) is 5.57. The van der Waals surface area contributed by atoms with Crippen LogP contribution >= 0.6 is 11.8 Å². The molecule has 2 heterocycles. The molecule has 2 aromatic carbocycles. The number of carbonyl (C=O) groups is 1. The summed E-state index contributed by atoms with van der Waals surface area (Å²) < 4.78 is 1.64. The Morgan fingerprint density at radius 2 is 1.67 bits per heavy atom. The Balaban J connectivity index is 1.73. The van der Waals surface area contributed by atoms with E-state index in [0.29, 0.717) is 16.1 Å². The molecular formula is C24H27N3O2S. The Morgan fingerprint density at radius 3 is 2.37 bits per heavy atom. The molecule has 5 nitrogen and oxygen atoms in total. The van der Waals surface area contributed by atoms with Gasteiger partial charge in [0, 0.05) is 13.1 Å². The third-order valence-corrected chi connectivity index (χ3v) is 6.62. The van der Waals surface area contributed by atoms with Crippen LogP contribution in [-0.2, 0) is 4.79 Å². The van der Waals surface area contributed by atoms with Crippen LogP contribution in [-0.4, -0.2) is 38.7 Å². The molecule has 1 aliphatic heterocycles. The smallest absolute Gasteiger partial charge is 0.266 e. The molecule has 0 spiro atoms. The van der Waals surface area contributed by atoms with Crippen LogP contribution in [0.4, 0.5) is 0 Å². The maximum atomic E-state index is 13.3. The summed E-state index contributed by atoms with van der Waals surface area (Å²) in [6, 6.07) is 15.2. The number of nitrogens with zero attached hydrogens (tertiary/aromatic N) is 3. The van der Waals surface area contributed by atoms with Crippen molar-refractivity contribution in [1.82, 2.24) is 14.5 Å². The van der Waals surface area contributed by atoms with E-state index in [1.54, 1.807) is 10.6 Å². The minimum Gasteiger partial charge on any atom is -0.342 e. The lowest BCUT2D eigenvalue weighted by Gasteiger charge is -2.24. The molecule has 1 saturated heterocycles. The molecule has 3 aromatic rings. The largest absolute Gasteiger partial charge is 0.342 e. The molecule has 1 aliphatic rings. The van der Waals surface area contributed by atoms with Crippen molar-refractivity contribution in [3.8, 4) is 5.69 Å². The van der Waals surface area contributed by atoms with Gasteiger partial charge < -0.3 is 4.90 Å². The Labute approximate surface area is 181 Å². The van der Waals surface area contributed by atoms with E-state index in [4.69, 9.17) is 4.98 Å². The Kier molecular flexibility index (Phi) is 6.23. The van der Waals surface area contributed by atoms with E-state index in [1.165, 1.54) is 24.6 Å². The summed E-state index contributed by atoms with van der Waals surface area (Å²) in [4.78, 5) is 33.2. The predicted octanol–water partition coefficient (Wildman–Crippen LogP) is 4.58. The minimum atomic E-state index is -0.312. The molecular weight excluding hydrogens is 394 g/mol. The van der Waals surface area contributed by atoms with Crippen molar-refractivity contribution in [2.45, 2.75) is 49.9 Å². The number of para-hydroxylation sites is 1. The maximum Gasteiger partial charge on any atom is 0.266 e. The first-order valence-electron chi connectivity index (χ1n) is 10.6. The normalized spacial score (nSPS) is 15.7. The highest BCUT2D eigenvalue weighted by Gasteiger charge is 2.25. The molecule has 0 radical (unpaired) electrons. The second-order valence-electron chi connectivity index (χ2n) is 7.89. The van der Waals surface area contributed by atoms with Gasteiger partial charge in [-0.25, -0.2) is 4.98 Å². The van der Waals surface area contributed by atoms with Gasteiger partial charge in [0.1, 0.15) is 0 Å². The summed E-state index contributed by atoms with van der Waals surface area (Å²) >= 11 is 1.37. The van der Waals surface area contributed by atoms with Crippen LogP contribution in [0.2, 0.25) is 0 Å². The first-order valence-corrected chi connectivity index (χ1v) is 11.5. The number of amides is 1. The van der Waals surface area contributed by atoms with Gasteiger partial charge in [0.05, 0.1) is 21.8 Å². The zero-order valence-corrected chi connectivity index (χ0v) is 18.3. The van der Waals surface area contributed by atoms with Gasteiger partial charge >= 0.3 is 0 Å². The van der Waals surface area contributed by atoms with Crippen molar-refractivity contribution >= 4 is 28.6 Å². The first kappa shape index (κ1) is 20.7. The maximum absolute atomic E-state index is 13.3. The van der Waals surface area contributed by atoms with Crippen LogP contribution in [0, 0.1) is 6.92 Å². The van der Waals surface area contributed by atoms with E-state index in [2.05, 4.69) is 0 Å². The van der Waals surface area contributed by atoms with Crippen molar-refractivity contribution in [1.29, 1.82) is 0 Å². The van der Waals surface area contributed by atoms with E-state index >= 15 is 0 Å². The van der Waals surface area contributed by atoms with Crippen LogP contribution < -0.4 is 5.56 Å². The fourth-order valence-corrected chi connectivity index (χ4v) is 4.88. The number of likely N-dealkylation sites (tertiary alicyclic amines) is 1. The van der Waals surface area contributed by atoms with Gasteiger partial charge in [0.2, 0.25) is 5.91 Å². The lowest BCUT2D eigenvalue weighted by Crippen LogP contribution is -2.37. The molecule has 30 heavy (non-hydrogen) atoms. The zero-order valence-electron chi connectivity index (χ0n) is 17.5. The average molecular weight is 422 g/mol. The molecule has 1 amide bonds. The van der Waals surface area contributed by atoms with Gasteiger partial charge in [-0.15, -0.1) is 0 Å². The predicted molar refractivity (Wildman–Crippen MR) is 122 cm³/mol. The lowest BCUT2D eigenvalue weighted by molar-refractivity contribution is -0.130. The molecule has 6 heteroatoms. The van der Waals surface area contributed by atoms with Crippen LogP contribution in [0.5, 0.6) is 0 Å². The van der Waals surface area contributed by atoms with Crippen LogP contribution in [0.3, 0.4) is 0 Å². The fourth-order valence-electron chi connectivity index (χ4n) is 3.87. The van der Waals surface area contributed by atoms with Gasteiger partial charge in [0.25, 0.3) is 5.56 Å². The number of hydrogen-bond acceptors (Lipinski definition) is 4. The van der Waals surface area contributed by atoms with Crippen molar-refractivity contribution in [2.75, 3.05) is 13.1 Å². The monoisotopic (exact) mass is 421 g/mol. The number of hydrogen-bond donors (Lipinski definition) is 0. The van der Waals surface area contributed by atoms with Gasteiger partial charge in [-0.05, 0) is 51.0 Å². The molecule has 0 bridgehead atoms. The van der Waals surface area contributed by atoms with Crippen LogP contribution in [0.1, 0.15) is 38.2 Å². The second-order valence-corrected chi connectivity index (χ2v) is 9.20. The second kappa shape index (κ2) is 9.04. The number of carbonyl (C=O) groups excluding carboxylic acids is 1. The van der Waals surface area contributed by atoms with E-state index in [0.717, 1.165) is 37.2 Å². The van der Waals surface area contributed by atoms with Crippen molar-refractivity contribution in [3.63, 3.8) is 0 Å². The molecule has 0 saturated carbocycles. The van der Waals surface area contributed by atoms with Gasteiger partial charge in [-0.2, -0.15) is 0 Å². The van der Waals surface area contributed by atoms with Gasteiger partial charge in [0.15, 0.2) is 5.16 Å². The summed E-state index contributed by atoms with van der Waals surface area (Å²) in [5.41, 5.74) is 2.43. The summed E-state index contributed by atoms with van der Waals surface area (Å²) in [6.07, 6.45) is 4.49. The van der Waals surface area contributed by atoms with E-state index in [9.17, 15) is 9.59 Å². The minimum absolute atomic E-state index is 0.110. The number of fused-ring (bicyclic) bond motifs is 1. The Morgan fingerprint density at radius 1 is 1.00 bits per heavy atom. The topological polar surface area (TPSA) is 55.2 Å². The average Bonchev–Trinajstić information content (AvgIpc) is 3.04. The highest BCUT2D eigenvalue weighted by Crippen LogP contribution is 2.27. The van der Waals surface area contributed by atoms with Crippen LogP contribution in [0.15, 0.2) is 58.5 Å². The standard InChI is InChI=1S/C24H27N3O2S/c1-17-11-13-19(14-12-17)27-23(29)20-9-5-6-10-21(20)25-24(27)30-18(2)22(28)26-15-7-3-4-8-16-26/h5-6,9-14,18H,3-4,7-8,15-16H2,1-2H3. The molecule has 1 fully saturated rings. The zero-order chi connectivity index (χ0) is 21.1. The molecule has 0 N–H and O–H groups in total. The SMILES string of the molecule is Cc1ccc(-n2c(SC(C)C(=O)N3CCCCCC3)nc3ccccc3c2=O)cc1. The fraction of sp³-hybridized carbons (Fsp3) is 0.375. The molecule has 156 valence electrons. The van der Waals surface area contributed by atoms with Crippen LogP contribution in [0.25, 0.3) is 16.6 Å². The molecule has 1 aromatic heterocycles. The quantitative estimate of drug-likeness (QED) is 0.457. The van der Waals surface area contributed by atoms with Crippen molar-refractivity contribution in [2.24, 2.45) is 0 Å². The van der Waals surface area contributed by atoms with Gasteiger partial charge in [-0.1, -0.05) is 54.4 Å². The number of aryl methyl sites for hydroxylation is 1. The van der Waals surface area contributed by atoms with Gasteiger partial charge in [-0.3, -0.25) is 14.2 Å². The summed E-state index contributed by atoms with van der Waals surface area (Å²) in [5.74, 6) is 0.125. The highest BCUT2D eigenvalue weighted by atomic mass is 32.2. The van der Waals surface area contributed by atoms with Crippen molar-refractivity contribution in [3.05, 3.63) is 64.4 Å². The molecule has 4 rings (SSSR count). The van der Waals surface area contributed by atoms with E-state index in [1.807, 2.05) is 61.2 Å². The number of rotatable bonds is 4. The first-order chi connectivity index (χ1) is 14.5. The molecule has 0 aliphatic carbocycles. The lowest BCUT2D eigenvalue weighted by atomic mass is 10.2. The molecule has 1 unspecified atom stereocenters. The third-order valence-electron chi connectivity index (χ3n) is 5.58. The summed E-state index contributed by atoms with van der Waals surface area (Å²) in [5, 5.41) is 0.819. The number of aromatic nitrogens is 2. The molecule has 1 atom stereocenters. The highest BCUT2D eigenvalue weighted by molar-refractivity contribution is 8.00. The van der Waals surface area contributed by atoms with E-state index < -0.39 is 0 Å². The summed E-state index contributed by atoms with van der Waals surface area (Å²) in [7, 11) is 0. The Bertz CT molecular complexity index is 1100. The van der Waals surface area contributed by atoms with E-state index in [-0.39, 0.29) is 16.7 Å². The third kappa shape index (κ3) is 4.29. The number of thioether (sulfide) groups is 1.